The molecule has 2 amide bonds. The smallest absolute Gasteiger partial charge is 0.413 e. The van der Waals surface area contributed by atoms with Gasteiger partial charge in [-0.15, -0.1) is 0 Å². The quantitative estimate of drug-likeness (QED) is 0.282. The van der Waals surface area contributed by atoms with Crippen LogP contribution in [0.1, 0.15) is 6.92 Å². The Morgan fingerprint density at radius 1 is 1.00 bits per heavy atom. The summed E-state index contributed by atoms with van der Waals surface area (Å²) in [6.45, 7) is 1.37. The molecule has 0 fully saturated rings. The lowest BCUT2D eigenvalue weighted by Crippen LogP contribution is -2.32. The first kappa shape index (κ1) is 26.7. The predicted octanol–water partition coefficient (Wildman–Crippen LogP) is 2.88. The number of benzene rings is 2. The van der Waals surface area contributed by atoms with Crippen LogP contribution in [-0.2, 0) is 14.3 Å². The van der Waals surface area contributed by atoms with Crippen molar-refractivity contribution in [3.63, 3.8) is 0 Å². The molecule has 3 aromatic rings. The van der Waals surface area contributed by atoms with E-state index in [2.05, 4.69) is 31.2 Å². The Kier molecular flexibility index (Phi) is 9.53. The molecule has 37 heavy (non-hydrogen) atoms. The zero-order valence-corrected chi connectivity index (χ0v) is 20.0. The zero-order chi connectivity index (χ0) is 26.6. The molecule has 1 aromatic heterocycles. The summed E-state index contributed by atoms with van der Waals surface area (Å²) in [5, 5.41) is 10.5. The molecular formula is C24H25FN6O6. The van der Waals surface area contributed by atoms with Gasteiger partial charge in [0.15, 0.2) is 18.2 Å². The maximum atomic E-state index is 14.4. The van der Waals surface area contributed by atoms with E-state index in [1.807, 2.05) is 0 Å². The largest absolute Gasteiger partial charge is 0.484 e. The van der Waals surface area contributed by atoms with Crippen molar-refractivity contribution in [3.05, 3.63) is 60.5 Å². The highest BCUT2D eigenvalue weighted by atomic mass is 19.1. The van der Waals surface area contributed by atoms with E-state index in [0.29, 0.717) is 17.1 Å². The summed E-state index contributed by atoms with van der Waals surface area (Å²) < 4.78 is 29.7. The van der Waals surface area contributed by atoms with E-state index in [4.69, 9.17) is 14.2 Å². The van der Waals surface area contributed by atoms with E-state index < -0.39 is 17.9 Å². The van der Waals surface area contributed by atoms with Crippen LogP contribution in [0.4, 0.5) is 32.3 Å². The van der Waals surface area contributed by atoms with Crippen molar-refractivity contribution in [3.8, 4) is 11.5 Å². The Morgan fingerprint density at radius 3 is 2.43 bits per heavy atom. The van der Waals surface area contributed by atoms with Crippen LogP contribution in [0, 0.1) is 5.82 Å². The fraction of sp³-hybridized carbons (Fsp3) is 0.208. The van der Waals surface area contributed by atoms with Crippen molar-refractivity contribution in [2.45, 2.75) is 6.92 Å². The lowest BCUT2D eigenvalue weighted by Gasteiger charge is -2.12. The van der Waals surface area contributed by atoms with Gasteiger partial charge in [-0.2, -0.15) is 4.98 Å². The van der Waals surface area contributed by atoms with Crippen LogP contribution in [0.3, 0.4) is 0 Å². The third kappa shape index (κ3) is 8.65. The maximum absolute atomic E-state index is 14.4. The number of hydrogen-bond donors (Lipinski definition) is 4. The molecule has 194 valence electrons. The van der Waals surface area contributed by atoms with Crippen molar-refractivity contribution < 1.29 is 33.0 Å². The summed E-state index contributed by atoms with van der Waals surface area (Å²) in [7, 11) is 1.51. The zero-order valence-electron chi connectivity index (χ0n) is 20.0. The molecule has 13 heteroatoms. The van der Waals surface area contributed by atoms with Crippen molar-refractivity contribution in [2.75, 3.05) is 37.4 Å². The SMILES string of the molecule is CCOC(=O)CNC(=O)Oc1cccc(Nc2nc(Nc3cccc(OCC(=O)NC)c3)ncc2F)c1. The Morgan fingerprint density at radius 2 is 1.70 bits per heavy atom. The second kappa shape index (κ2) is 13.2. The van der Waals surface area contributed by atoms with Crippen molar-refractivity contribution in [2.24, 2.45) is 0 Å². The van der Waals surface area contributed by atoms with Crippen molar-refractivity contribution in [1.29, 1.82) is 0 Å². The molecule has 1 heterocycles. The van der Waals surface area contributed by atoms with Crippen LogP contribution < -0.4 is 30.7 Å². The first-order valence-corrected chi connectivity index (χ1v) is 11.1. The highest BCUT2D eigenvalue weighted by Crippen LogP contribution is 2.24. The van der Waals surface area contributed by atoms with Gasteiger partial charge in [-0.05, 0) is 31.2 Å². The number of likely N-dealkylation sites (N-methyl/N-ethyl adjacent to an activating group) is 1. The van der Waals surface area contributed by atoms with E-state index in [1.54, 1.807) is 43.3 Å². The lowest BCUT2D eigenvalue weighted by molar-refractivity contribution is -0.141. The Balaban J connectivity index is 1.64. The standard InChI is InChI=1S/C24H25FN6O6/c1-3-35-21(33)13-28-24(34)37-18-9-5-6-15(11-18)29-22-19(25)12-27-23(31-22)30-16-7-4-8-17(10-16)36-14-20(32)26-2/h4-12H,3,13-14H2,1-2H3,(H,26,32)(H,28,34)(H2,27,29,30,31). The number of halogens is 1. The van der Waals surface area contributed by atoms with Crippen LogP contribution in [0.25, 0.3) is 0 Å². The third-order valence-corrected chi connectivity index (χ3v) is 4.47. The minimum atomic E-state index is -0.855. The van der Waals surface area contributed by atoms with Crippen LogP contribution in [0.5, 0.6) is 11.5 Å². The van der Waals surface area contributed by atoms with Crippen LogP contribution in [0.2, 0.25) is 0 Å². The Hall–Kier alpha value is -4.94. The molecule has 2 aromatic carbocycles. The number of carbonyl (C=O) groups is 3. The maximum Gasteiger partial charge on any atom is 0.413 e. The second-order valence-electron chi connectivity index (χ2n) is 7.21. The average Bonchev–Trinajstić information content (AvgIpc) is 2.88. The second-order valence-corrected chi connectivity index (χ2v) is 7.21. The summed E-state index contributed by atoms with van der Waals surface area (Å²) >= 11 is 0. The lowest BCUT2D eigenvalue weighted by atomic mass is 10.3. The summed E-state index contributed by atoms with van der Waals surface area (Å²) in [6.07, 6.45) is 0.138. The predicted molar refractivity (Wildman–Crippen MR) is 132 cm³/mol. The molecule has 4 N–H and O–H groups in total. The number of rotatable bonds is 11. The monoisotopic (exact) mass is 512 g/mol. The number of nitrogens with one attached hydrogen (secondary N) is 4. The van der Waals surface area contributed by atoms with Gasteiger partial charge in [0.25, 0.3) is 5.91 Å². The van der Waals surface area contributed by atoms with E-state index in [9.17, 15) is 18.8 Å². The fourth-order valence-electron chi connectivity index (χ4n) is 2.80. The van der Waals surface area contributed by atoms with Crippen LogP contribution in [-0.4, -0.2) is 54.7 Å². The summed E-state index contributed by atoms with van der Waals surface area (Å²) in [4.78, 5) is 42.7. The number of hydrogen-bond acceptors (Lipinski definition) is 10. The molecular weight excluding hydrogens is 487 g/mol. The molecule has 0 spiro atoms. The first-order chi connectivity index (χ1) is 17.9. The van der Waals surface area contributed by atoms with E-state index in [-0.39, 0.29) is 43.2 Å². The molecule has 0 saturated heterocycles. The van der Waals surface area contributed by atoms with Gasteiger partial charge >= 0.3 is 12.1 Å². The normalized spacial score (nSPS) is 10.1. The molecule has 3 rings (SSSR count). The van der Waals surface area contributed by atoms with Crippen LogP contribution >= 0.6 is 0 Å². The highest BCUT2D eigenvalue weighted by Gasteiger charge is 2.11. The number of anilines is 4. The number of amides is 2. The van der Waals surface area contributed by atoms with Gasteiger partial charge in [0.05, 0.1) is 12.8 Å². The van der Waals surface area contributed by atoms with Gasteiger partial charge in [-0.25, -0.2) is 14.2 Å². The third-order valence-electron chi connectivity index (χ3n) is 4.47. The van der Waals surface area contributed by atoms with E-state index >= 15 is 0 Å². The molecule has 12 nitrogen and oxygen atoms in total. The number of carbonyl (C=O) groups excluding carboxylic acids is 3. The molecule has 0 aliphatic carbocycles. The Labute approximate surface area is 211 Å². The summed E-state index contributed by atoms with van der Waals surface area (Å²) in [6, 6.07) is 12.9. The van der Waals surface area contributed by atoms with Crippen LogP contribution in [0.15, 0.2) is 54.7 Å². The molecule has 0 saturated carbocycles. The topological polar surface area (TPSA) is 153 Å². The average molecular weight is 512 g/mol. The van der Waals surface area contributed by atoms with Gasteiger partial charge in [0.2, 0.25) is 5.95 Å². The van der Waals surface area contributed by atoms with Gasteiger partial charge < -0.3 is 35.5 Å². The fourth-order valence-corrected chi connectivity index (χ4v) is 2.80. The van der Waals surface area contributed by atoms with E-state index in [1.165, 1.54) is 19.2 Å². The molecule has 0 radical (unpaired) electrons. The van der Waals surface area contributed by atoms with Crippen molar-refractivity contribution in [1.82, 2.24) is 20.6 Å². The molecule has 0 atom stereocenters. The minimum absolute atomic E-state index is 0.0955. The van der Waals surface area contributed by atoms with Gasteiger partial charge in [-0.1, -0.05) is 12.1 Å². The number of aromatic nitrogens is 2. The number of nitrogens with zero attached hydrogens (tertiary/aromatic N) is 2. The summed E-state index contributed by atoms with van der Waals surface area (Å²) in [5.41, 5.74) is 0.931. The Bertz CT molecular complexity index is 1260. The number of esters is 1. The van der Waals surface area contributed by atoms with Crippen molar-refractivity contribution >= 4 is 41.1 Å². The van der Waals surface area contributed by atoms with Gasteiger partial charge in [-0.3, -0.25) is 9.59 Å². The van der Waals surface area contributed by atoms with Gasteiger partial charge in [0.1, 0.15) is 18.0 Å². The number of ether oxygens (including phenoxy) is 3. The molecule has 0 unspecified atom stereocenters. The molecule has 0 bridgehead atoms. The highest BCUT2D eigenvalue weighted by molar-refractivity contribution is 5.79. The molecule has 0 aliphatic heterocycles. The minimum Gasteiger partial charge on any atom is -0.484 e. The first-order valence-electron chi connectivity index (χ1n) is 11.1. The van der Waals surface area contributed by atoms with Gasteiger partial charge in [0, 0.05) is 30.6 Å². The molecule has 0 aliphatic rings. The summed E-state index contributed by atoms with van der Waals surface area (Å²) in [5.74, 6) is -1.03. The van der Waals surface area contributed by atoms with E-state index in [0.717, 1.165) is 6.20 Å².